The van der Waals surface area contributed by atoms with Crippen LogP contribution in [0, 0.1) is 6.92 Å². The van der Waals surface area contributed by atoms with E-state index < -0.39 is 12.1 Å². The number of ether oxygens (including phenoxy) is 2. The highest BCUT2D eigenvalue weighted by Gasteiger charge is 2.28. The lowest BCUT2D eigenvalue weighted by Crippen LogP contribution is -2.46. The van der Waals surface area contributed by atoms with Gasteiger partial charge in [0.1, 0.15) is 11.5 Å². The number of nitrogens with zero attached hydrogens (tertiary/aromatic N) is 1. The first-order chi connectivity index (χ1) is 12.5. The second-order valence-corrected chi connectivity index (χ2v) is 6.26. The molecule has 26 heavy (non-hydrogen) atoms. The zero-order valence-electron chi connectivity index (χ0n) is 14.6. The molecule has 0 aliphatic carbocycles. The Kier molecular flexibility index (Phi) is 5.53. The van der Waals surface area contributed by atoms with Crippen molar-refractivity contribution in [2.24, 2.45) is 0 Å². The van der Waals surface area contributed by atoms with Crippen molar-refractivity contribution in [3.05, 3.63) is 59.7 Å². The van der Waals surface area contributed by atoms with E-state index in [9.17, 15) is 9.59 Å². The standard InChI is InChI=1S/C20H21NO5/c1-14-5-4-6-15(11-14)26-18-8-3-2-7-17(18)20(24)21-9-10-25-16(13-21)12-19(22)23/h2-8,11,16H,9-10,12-13H2,1H3,(H,22,23). The minimum absolute atomic E-state index is 0.120. The maximum atomic E-state index is 13.0. The van der Waals surface area contributed by atoms with Gasteiger partial charge in [0, 0.05) is 13.1 Å². The third-order valence-corrected chi connectivity index (χ3v) is 4.16. The summed E-state index contributed by atoms with van der Waals surface area (Å²) in [7, 11) is 0. The number of rotatable bonds is 5. The molecule has 6 heteroatoms. The maximum Gasteiger partial charge on any atom is 0.306 e. The summed E-state index contributed by atoms with van der Waals surface area (Å²) < 4.78 is 11.4. The zero-order chi connectivity index (χ0) is 18.5. The molecule has 1 saturated heterocycles. The van der Waals surface area contributed by atoms with Crippen molar-refractivity contribution < 1.29 is 24.2 Å². The number of hydrogen-bond donors (Lipinski definition) is 1. The topological polar surface area (TPSA) is 76.1 Å². The minimum Gasteiger partial charge on any atom is -0.481 e. The quantitative estimate of drug-likeness (QED) is 0.892. The molecule has 2 aromatic carbocycles. The molecule has 1 unspecified atom stereocenters. The zero-order valence-corrected chi connectivity index (χ0v) is 14.6. The summed E-state index contributed by atoms with van der Waals surface area (Å²) in [6.07, 6.45) is -0.611. The highest BCUT2D eigenvalue weighted by atomic mass is 16.5. The van der Waals surface area contributed by atoms with E-state index in [0.717, 1.165) is 5.56 Å². The molecule has 1 N–H and O–H groups in total. The molecular weight excluding hydrogens is 334 g/mol. The van der Waals surface area contributed by atoms with Gasteiger partial charge in [-0.3, -0.25) is 9.59 Å². The monoisotopic (exact) mass is 355 g/mol. The highest BCUT2D eigenvalue weighted by molar-refractivity contribution is 5.97. The molecule has 1 atom stereocenters. The number of carboxylic acid groups (broad SMARTS) is 1. The predicted molar refractivity (Wildman–Crippen MR) is 95.6 cm³/mol. The number of carbonyl (C=O) groups excluding carboxylic acids is 1. The third kappa shape index (κ3) is 4.40. The van der Waals surface area contributed by atoms with Crippen LogP contribution in [0.5, 0.6) is 11.5 Å². The summed E-state index contributed by atoms with van der Waals surface area (Å²) in [5, 5.41) is 8.93. The lowest BCUT2D eigenvalue weighted by atomic mass is 10.1. The Labute approximate surface area is 152 Å². The number of aliphatic carboxylic acids is 1. The highest BCUT2D eigenvalue weighted by Crippen LogP contribution is 2.27. The van der Waals surface area contributed by atoms with Gasteiger partial charge in [0.2, 0.25) is 0 Å². The van der Waals surface area contributed by atoms with E-state index in [-0.39, 0.29) is 18.9 Å². The first kappa shape index (κ1) is 17.9. The lowest BCUT2D eigenvalue weighted by molar-refractivity contribution is -0.141. The van der Waals surface area contributed by atoms with Crippen LogP contribution < -0.4 is 4.74 Å². The number of para-hydroxylation sites is 1. The Morgan fingerprint density at radius 3 is 2.81 bits per heavy atom. The molecule has 1 amide bonds. The van der Waals surface area contributed by atoms with Crippen molar-refractivity contribution in [3.8, 4) is 11.5 Å². The van der Waals surface area contributed by atoms with Crippen LogP contribution in [-0.4, -0.2) is 47.7 Å². The second-order valence-electron chi connectivity index (χ2n) is 6.26. The first-order valence-corrected chi connectivity index (χ1v) is 8.49. The molecule has 0 bridgehead atoms. The Morgan fingerprint density at radius 1 is 1.23 bits per heavy atom. The normalized spacial score (nSPS) is 17.0. The molecule has 0 spiro atoms. The number of benzene rings is 2. The number of hydrogen-bond acceptors (Lipinski definition) is 4. The van der Waals surface area contributed by atoms with Crippen molar-refractivity contribution in [2.45, 2.75) is 19.4 Å². The van der Waals surface area contributed by atoms with Gasteiger partial charge in [-0.05, 0) is 36.8 Å². The molecule has 1 aliphatic rings. The average Bonchev–Trinajstić information content (AvgIpc) is 2.61. The van der Waals surface area contributed by atoms with Crippen LogP contribution in [0.3, 0.4) is 0 Å². The van der Waals surface area contributed by atoms with E-state index in [2.05, 4.69) is 0 Å². The predicted octanol–water partition coefficient (Wildman–Crippen LogP) is 3.10. The summed E-state index contributed by atoms with van der Waals surface area (Å²) in [6, 6.07) is 14.7. The smallest absolute Gasteiger partial charge is 0.306 e. The van der Waals surface area contributed by atoms with Gasteiger partial charge in [-0.1, -0.05) is 24.3 Å². The van der Waals surface area contributed by atoms with E-state index >= 15 is 0 Å². The van der Waals surface area contributed by atoms with Crippen LogP contribution in [0.25, 0.3) is 0 Å². The number of carbonyl (C=O) groups is 2. The van der Waals surface area contributed by atoms with Gasteiger partial charge in [0.25, 0.3) is 5.91 Å². The molecule has 0 radical (unpaired) electrons. The Hall–Kier alpha value is -2.86. The largest absolute Gasteiger partial charge is 0.481 e. The van der Waals surface area contributed by atoms with Crippen LogP contribution in [0.4, 0.5) is 0 Å². The molecule has 1 fully saturated rings. The van der Waals surface area contributed by atoms with Crippen molar-refractivity contribution in [1.82, 2.24) is 4.90 Å². The molecular formula is C20H21NO5. The first-order valence-electron chi connectivity index (χ1n) is 8.49. The van der Waals surface area contributed by atoms with Crippen LogP contribution in [0.2, 0.25) is 0 Å². The van der Waals surface area contributed by atoms with E-state index in [1.807, 2.05) is 37.3 Å². The fourth-order valence-electron chi connectivity index (χ4n) is 2.93. The Bertz CT molecular complexity index is 804. The fraction of sp³-hybridized carbons (Fsp3) is 0.300. The number of amides is 1. The second kappa shape index (κ2) is 8.01. The molecule has 1 aliphatic heterocycles. The fourth-order valence-corrected chi connectivity index (χ4v) is 2.93. The summed E-state index contributed by atoms with van der Waals surface area (Å²) >= 11 is 0. The molecule has 3 rings (SSSR count). The van der Waals surface area contributed by atoms with E-state index in [1.54, 1.807) is 23.1 Å². The van der Waals surface area contributed by atoms with Gasteiger partial charge >= 0.3 is 5.97 Å². The average molecular weight is 355 g/mol. The van der Waals surface area contributed by atoms with Crippen molar-refractivity contribution >= 4 is 11.9 Å². The minimum atomic E-state index is -0.938. The van der Waals surface area contributed by atoms with Gasteiger partial charge in [-0.2, -0.15) is 0 Å². The van der Waals surface area contributed by atoms with Crippen LogP contribution >= 0.6 is 0 Å². The van der Waals surface area contributed by atoms with Crippen molar-refractivity contribution in [1.29, 1.82) is 0 Å². The van der Waals surface area contributed by atoms with Gasteiger partial charge in [-0.15, -0.1) is 0 Å². The summed E-state index contributed by atoms with van der Waals surface area (Å²) in [6.45, 7) is 2.97. The molecule has 0 aromatic heterocycles. The lowest BCUT2D eigenvalue weighted by Gasteiger charge is -2.32. The van der Waals surface area contributed by atoms with Crippen LogP contribution in [-0.2, 0) is 9.53 Å². The van der Waals surface area contributed by atoms with Gasteiger partial charge in [-0.25, -0.2) is 0 Å². The van der Waals surface area contributed by atoms with Crippen molar-refractivity contribution in [2.75, 3.05) is 19.7 Å². The molecule has 1 heterocycles. The summed E-state index contributed by atoms with van der Waals surface area (Å²) in [5.41, 5.74) is 1.51. The van der Waals surface area contributed by atoms with Gasteiger partial charge < -0.3 is 19.5 Å². The SMILES string of the molecule is Cc1cccc(Oc2ccccc2C(=O)N2CCOC(CC(=O)O)C2)c1. The Balaban J connectivity index is 1.78. The molecule has 136 valence electrons. The van der Waals surface area contributed by atoms with Gasteiger partial charge in [0.15, 0.2) is 0 Å². The van der Waals surface area contributed by atoms with Crippen LogP contribution in [0.15, 0.2) is 48.5 Å². The maximum absolute atomic E-state index is 13.0. The molecule has 0 saturated carbocycles. The van der Waals surface area contributed by atoms with Gasteiger partial charge in [0.05, 0.1) is 24.7 Å². The van der Waals surface area contributed by atoms with E-state index in [4.69, 9.17) is 14.6 Å². The number of aryl methyl sites for hydroxylation is 1. The van der Waals surface area contributed by atoms with Crippen LogP contribution in [0.1, 0.15) is 22.3 Å². The summed E-state index contributed by atoms with van der Waals surface area (Å²) in [5.74, 6) is 0.0137. The van der Waals surface area contributed by atoms with E-state index in [0.29, 0.717) is 30.2 Å². The summed E-state index contributed by atoms with van der Waals surface area (Å²) in [4.78, 5) is 25.5. The third-order valence-electron chi connectivity index (χ3n) is 4.16. The number of morpholine rings is 1. The van der Waals surface area contributed by atoms with E-state index in [1.165, 1.54) is 0 Å². The Morgan fingerprint density at radius 2 is 2.04 bits per heavy atom. The molecule has 6 nitrogen and oxygen atoms in total. The number of carboxylic acids is 1. The molecule has 2 aromatic rings. The van der Waals surface area contributed by atoms with Crippen molar-refractivity contribution in [3.63, 3.8) is 0 Å².